The Morgan fingerprint density at radius 3 is 2.96 bits per heavy atom. The molecule has 4 rings (SSSR count). The van der Waals surface area contributed by atoms with E-state index in [1.54, 1.807) is 24.5 Å². The predicted molar refractivity (Wildman–Crippen MR) is 92.1 cm³/mol. The Morgan fingerprint density at radius 2 is 2.19 bits per heavy atom. The lowest BCUT2D eigenvalue weighted by Gasteiger charge is -2.39. The Kier molecular flexibility index (Phi) is 4.50. The van der Waals surface area contributed by atoms with Crippen LogP contribution in [0.1, 0.15) is 29.6 Å². The third-order valence-electron chi connectivity index (χ3n) is 4.90. The fourth-order valence-electron chi connectivity index (χ4n) is 3.73. The summed E-state index contributed by atoms with van der Waals surface area (Å²) >= 11 is 0. The van der Waals surface area contributed by atoms with E-state index in [4.69, 9.17) is 4.74 Å². The molecule has 1 N–H and O–H groups in total. The summed E-state index contributed by atoms with van der Waals surface area (Å²) in [5, 5.41) is 3.19. The number of hydrogen-bond acceptors (Lipinski definition) is 6. The van der Waals surface area contributed by atoms with Gasteiger partial charge < -0.3 is 15.0 Å². The van der Waals surface area contributed by atoms with Crippen LogP contribution in [0.15, 0.2) is 36.9 Å². The zero-order valence-electron chi connectivity index (χ0n) is 14.3. The van der Waals surface area contributed by atoms with E-state index in [1.807, 2.05) is 4.90 Å². The number of anilines is 1. The molecule has 2 aromatic rings. The van der Waals surface area contributed by atoms with Gasteiger partial charge >= 0.3 is 0 Å². The van der Waals surface area contributed by atoms with Gasteiger partial charge in [-0.3, -0.25) is 9.78 Å². The van der Waals surface area contributed by atoms with Gasteiger partial charge in [0.2, 0.25) is 5.95 Å². The quantitative estimate of drug-likeness (QED) is 0.904. The molecule has 2 atom stereocenters. The summed E-state index contributed by atoms with van der Waals surface area (Å²) in [7, 11) is 0. The molecule has 7 nitrogen and oxygen atoms in total. The first-order valence-electron chi connectivity index (χ1n) is 8.71. The van der Waals surface area contributed by atoms with Gasteiger partial charge in [-0.2, -0.15) is 0 Å². The molecule has 0 bridgehead atoms. The van der Waals surface area contributed by atoms with Crippen LogP contribution in [0, 0.1) is 5.82 Å². The van der Waals surface area contributed by atoms with Gasteiger partial charge in [0.25, 0.3) is 5.91 Å². The number of hydrogen-bond donors (Lipinski definition) is 1. The minimum absolute atomic E-state index is 0.0148. The van der Waals surface area contributed by atoms with E-state index in [2.05, 4.69) is 20.3 Å². The number of amides is 1. The lowest BCUT2D eigenvalue weighted by atomic mass is 9.88. The van der Waals surface area contributed by atoms with Crippen molar-refractivity contribution >= 4 is 11.9 Å². The fraction of sp³-hybridized carbons (Fsp3) is 0.444. The minimum atomic E-state index is -0.466. The third-order valence-corrected chi connectivity index (χ3v) is 4.90. The van der Waals surface area contributed by atoms with Gasteiger partial charge in [0.1, 0.15) is 0 Å². The maximum Gasteiger partial charge on any atom is 0.255 e. The third kappa shape index (κ3) is 3.50. The fourth-order valence-corrected chi connectivity index (χ4v) is 3.73. The average Bonchev–Trinajstić information content (AvgIpc) is 3.05. The molecular weight excluding hydrogens is 337 g/mol. The summed E-state index contributed by atoms with van der Waals surface area (Å²) in [5.74, 6) is -0.0956. The number of aromatic nitrogens is 3. The smallest absolute Gasteiger partial charge is 0.255 e. The summed E-state index contributed by atoms with van der Waals surface area (Å²) in [5.41, 5.74) is 0.241. The normalized spacial score (nSPS) is 25.4. The number of nitrogens with zero attached hydrogens (tertiary/aromatic N) is 4. The molecule has 0 radical (unpaired) electrons. The highest BCUT2D eigenvalue weighted by atomic mass is 19.1. The standard InChI is InChI=1S/C18H20FN5O2/c19-14-9-21-17(22-10-14)23-15-7-18(26-11-15)4-2-6-24(12-18)16(25)13-3-1-5-20-8-13/h1,3,5,8-10,15H,2,4,6-7,11-12H2,(H,21,22,23)/t15-,18+/m1/s1. The van der Waals surface area contributed by atoms with Gasteiger partial charge in [-0.1, -0.05) is 0 Å². The van der Waals surface area contributed by atoms with Gasteiger partial charge in [-0.05, 0) is 25.0 Å². The van der Waals surface area contributed by atoms with Crippen molar-refractivity contribution in [3.8, 4) is 0 Å². The van der Waals surface area contributed by atoms with Crippen LogP contribution in [-0.2, 0) is 4.74 Å². The molecule has 1 amide bonds. The Balaban J connectivity index is 1.41. The van der Waals surface area contributed by atoms with Gasteiger partial charge in [0, 0.05) is 25.4 Å². The molecule has 2 aliphatic heterocycles. The van der Waals surface area contributed by atoms with Crippen LogP contribution in [0.5, 0.6) is 0 Å². The number of likely N-dealkylation sites (tertiary alicyclic amines) is 1. The maximum atomic E-state index is 12.9. The van der Waals surface area contributed by atoms with Gasteiger partial charge in [0.15, 0.2) is 5.82 Å². The summed E-state index contributed by atoms with van der Waals surface area (Å²) in [6.07, 6.45) is 8.08. The van der Waals surface area contributed by atoms with Crippen molar-refractivity contribution in [2.24, 2.45) is 0 Å². The summed E-state index contributed by atoms with van der Waals surface area (Å²) in [6, 6.07) is 3.58. The number of piperidine rings is 1. The van der Waals surface area contributed by atoms with Gasteiger partial charge in [0.05, 0.1) is 42.8 Å². The number of nitrogens with one attached hydrogen (secondary N) is 1. The average molecular weight is 357 g/mol. The highest BCUT2D eigenvalue weighted by Crippen LogP contribution is 2.35. The molecule has 1 spiro atoms. The van der Waals surface area contributed by atoms with Gasteiger partial charge in [-0.25, -0.2) is 14.4 Å². The summed E-state index contributed by atoms with van der Waals surface area (Å²) in [4.78, 5) is 26.4. The van der Waals surface area contributed by atoms with E-state index in [1.165, 1.54) is 0 Å². The van der Waals surface area contributed by atoms with E-state index < -0.39 is 5.82 Å². The SMILES string of the molecule is O=C(c1cccnc1)N1CCC[C@]2(C[C@@H](Nc3ncc(F)cn3)CO2)C1. The molecule has 26 heavy (non-hydrogen) atoms. The van der Waals surface area contributed by atoms with E-state index >= 15 is 0 Å². The number of rotatable bonds is 3. The molecule has 136 valence electrons. The second-order valence-electron chi connectivity index (χ2n) is 6.84. The zero-order valence-corrected chi connectivity index (χ0v) is 14.3. The van der Waals surface area contributed by atoms with E-state index in [-0.39, 0.29) is 17.6 Å². The Morgan fingerprint density at radius 1 is 1.35 bits per heavy atom. The molecule has 2 aliphatic rings. The van der Waals surface area contributed by atoms with E-state index in [0.717, 1.165) is 38.2 Å². The number of carbonyl (C=O) groups excluding carboxylic acids is 1. The molecule has 2 saturated heterocycles. The number of carbonyl (C=O) groups is 1. The van der Waals surface area contributed by atoms with Crippen molar-refractivity contribution in [2.75, 3.05) is 25.0 Å². The molecule has 4 heterocycles. The van der Waals surface area contributed by atoms with E-state index in [9.17, 15) is 9.18 Å². The molecule has 2 fully saturated rings. The van der Waals surface area contributed by atoms with Crippen molar-refractivity contribution in [1.29, 1.82) is 0 Å². The van der Waals surface area contributed by atoms with Crippen LogP contribution in [0.2, 0.25) is 0 Å². The molecule has 2 aromatic heterocycles. The first-order chi connectivity index (χ1) is 12.6. The highest BCUT2D eigenvalue weighted by Gasteiger charge is 2.44. The Hall–Kier alpha value is -2.61. The topological polar surface area (TPSA) is 80.2 Å². The first kappa shape index (κ1) is 16.8. The van der Waals surface area contributed by atoms with Crippen molar-refractivity contribution in [2.45, 2.75) is 30.9 Å². The van der Waals surface area contributed by atoms with Crippen LogP contribution in [-0.4, -0.2) is 57.1 Å². The van der Waals surface area contributed by atoms with Crippen molar-refractivity contribution < 1.29 is 13.9 Å². The lowest BCUT2D eigenvalue weighted by Crippen LogP contribution is -2.50. The molecule has 0 unspecified atom stereocenters. The Labute approximate surface area is 150 Å². The van der Waals surface area contributed by atoms with Crippen LogP contribution in [0.3, 0.4) is 0 Å². The molecule has 0 aliphatic carbocycles. The first-order valence-corrected chi connectivity index (χ1v) is 8.71. The monoisotopic (exact) mass is 357 g/mol. The molecule has 0 saturated carbocycles. The van der Waals surface area contributed by atoms with Crippen molar-refractivity contribution in [1.82, 2.24) is 19.9 Å². The molecular formula is C18H20FN5O2. The maximum absolute atomic E-state index is 12.9. The predicted octanol–water partition coefficient (Wildman–Crippen LogP) is 1.89. The minimum Gasteiger partial charge on any atom is -0.371 e. The number of halogens is 1. The molecule has 8 heteroatoms. The van der Waals surface area contributed by atoms with Crippen LogP contribution >= 0.6 is 0 Å². The van der Waals surface area contributed by atoms with Crippen LogP contribution < -0.4 is 5.32 Å². The molecule has 0 aromatic carbocycles. The van der Waals surface area contributed by atoms with E-state index in [0.29, 0.717) is 24.7 Å². The van der Waals surface area contributed by atoms with Gasteiger partial charge in [-0.15, -0.1) is 0 Å². The van der Waals surface area contributed by atoms with Crippen molar-refractivity contribution in [3.05, 3.63) is 48.3 Å². The number of pyridine rings is 1. The summed E-state index contributed by atoms with van der Waals surface area (Å²) in [6.45, 7) is 1.79. The van der Waals surface area contributed by atoms with Crippen LogP contribution in [0.25, 0.3) is 0 Å². The Bertz CT molecular complexity index is 773. The second kappa shape index (κ2) is 6.95. The number of ether oxygens (including phenoxy) is 1. The largest absolute Gasteiger partial charge is 0.371 e. The lowest BCUT2D eigenvalue weighted by molar-refractivity contribution is -0.0447. The van der Waals surface area contributed by atoms with Crippen LogP contribution in [0.4, 0.5) is 10.3 Å². The summed E-state index contributed by atoms with van der Waals surface area (Å²) < 4.78 is 19.0. The zero-order chi connectivity index (χ0) is 18.0. The van der Waals surface area contributed by atoms with Crippen molar-refractivity contribution in [3.63, 3.8) is 0 Å². The highest BCUT2D eigenvalue weighted by molar-refractivity contribution is 5.94. The second-order valence-corrected chi connectivity index (χ2v) is 6.84.